The van der Waals surface area contributed by atoms with Crippen molar-refractivity contribution in [2.24, 2.45) is 17.6 Å². The molecule has 6 amide bonds. The van der Waals surface area contributed by atoms with Crippen molar-refractivity contribution in [3.05, 3.63) is 70.5 Å². The highest BCUT2D eigenvalue weighted by molar-refractivity contribution is 6.38. The molecule has 5 unspecified atom stereocenters. The van der Waals surface area contributed by atoms with Gasteiger partial charge in [0.2, 0.25) is 35.2 Å². The molecule has 2 aromatic carbocycles. The molecule has 1 saturated carbocycles. The molecule has 2 fully saturated rings. The van der Waals surface area contributed by atoms with E-state index < -0.39 is 124 Å². The summed E-state index contributed by atoms with van der Waals surface area (Å²) < 4.78 is 77.7. The molecule has 1 saturated heterocycles. The van der Waals surface area contributed by atoms with Crippen LogP contribution in [0.15, 0.2) is 30.3 Å². The van der Waals surface area contributed by atoms with E-state index in [-0.39, 0.29) is 25.3 Å². The van der Waals surface area contributed by atoms with E-state index >= 15 is 0 Å². The van der Waals surface area contributed by atoms with Crippen molar-refractivity contribution in [3.63, 3.8) is 0 Å². The fraction of sp³-hybridized carbons (Fsp3) is 0.537. The summed E-state index contributed by atoms with van der Waals surface area (Å²) in [5.41, 5.74) is 3.26. The first kappa shape index (κ1) is 47.2. The Morgan fingerprint density at radius 3 is 1.97 bits per heavy atom. The van der Waals surface area contributed by atoms with E-state index in [0.29, 0.717) is 31.2 Å². The molecule has 0 spiro atoms. The Morgan fingerprint density at radius 2 is 1.42 bits per heavy atom. The van der Waals surface area contributed by atoms with E-state index in [9.17, 15) is 55.5 Å². The predicted molar refractivity (Wildman–Crippen MR) is 205 cm³/mol. The van der Waals surface area contributed by atoms with Crippen LogP contribution in [0.3, 0.4) is 0 Å². The number of carbonyl (C=O) groups excluding carboxylic acids is 7. The molecule has 1 aliphatic carbocycles. The summed E-state index contributed by atoms with van der Waals surface area (Å²) in [6, 6.07) is 2.38. The molecule has 60 heavy (non-hydrogen) atoms. The molecule has 328 valence electrons. The van der Waals surface area contributed by atoms with E-state index in [1.807, 2.05) is 0 Å². The summed E-state index contributed by atoms with van der Waals surface area (Å²) in [5, 5.41) is 9.33. The number of rotatable bonds is 16. The van der Waals surface area contributed by atoms with Gasteiger partial charge in [-0.15, -0.1) is 0 Å². The topological polar surface area (TPSA) is 206 Å². The molecular formula is C41H51F5N6O8. The van der Waals surface area contributed by atoms with Crippen LogP contribution in [0.5, 0.6) is 0 Å². The maximum Gasteiger partial charge on any atom is 0.290 e. The van der Waals surface area contributed by atoms with Gasteiger partial charge in [0.05, 0.1) is 24.3 Å². The zero-order valence-electron chi connectivity index (χ0n) is 34.0. The van der Waals surface area contributed by atoms with Gasteiger partial charge in [-0.2, -0.15) is 0 Å². The number of nitrogens with two attached hydrogens (primary N) is 1. The van der Waals surface area contributed by atoms with E-state index in [2.05, 4.69) is 21.3 Å². The first-order valence-corrected chi connectivity index (χ1v) is 19.7. The fourth-order valence-electron chi connectivity index (χ4n) is 7.47. The number of carbonyl (C=O) groups is 7. The lowest BCUT2D eigenvalue weighted by Gasteiger charge is -2.35. The average molecular weight is 851 g/mol. The smallest absolute Gasteiger partial charge is 0.290 e. The van der Waals surface area contributed by atoms with Crippen LogP contribution >= 0.6 is 0 Å². The van der Waals surface area contributed by atoms with Gasteiger partial charge in [-0.1, -0.05) is 63.4 Å². The maximum atomic E-state index is 14.7. The number of nitrogens with zero attached hydrogens (tertiary/aromatic N) is 1. The Balaban J connectivity index is 1.57. The number of halogens is 5. The number of hydrogen-bond donors (Lipinski definition) is 5. The SMILES string of the molecule is CC(C)CC(NC(=O)C1CC(OC(C)(C)C)CN1C(=O)C(NC(=O)c1c(F)c(F)c(F)c(F)c1F)C1CCCCC1)C(=O)C(=O)NCC(=O)NC(C(N)=O)c1ccccc1. The molecular weight excluding hydrogens is 799 g/mol. The minimum Gasteiger partial charge on any atom is -0.371 e. The third kappa shape index (κ3) is 11.8. The average Bonchev–Trinajstić information content (AvgIpc) is 3.61. The van der Waals surface area contributed by atoms with Gasteiger partial charge in [-0.3, -0.25) is 33.6 Å². The van der Waals surface area contributed by atoms with Crippen molar-refractivity contribution in [2.75, 3.05) is 13.1 Å². The molecule has 0 aromatic heterocycles. The van der Waals surface area contributed by atoms with Gasteiger partial charge in [0.1, 0.15) is 23.7 Å². The van der Waals surface area contributed by atoms with E-state index in [0.717, 1.165) is 11.3 Å². The lowest BCUT2D eigenvalue weighted by atomic mass is 9.83. The molecule has 5 atom stereocenters. The highest BCUT2D eigenvalue weighted by Gasteiger charge is 2.46. The van der Waals surface area contributed by atoms with Crippen LogP contribution in [0.1, 0.15) is 102 Å². The van der Waals surface area contributed by atoms with Crippen molar-refractivity contribution < 1.29 is 60.3 Å². The van der Waals surface area contributed by atoms with Crippen molar-refractivity contribution in [3.8, 4) is 0 Å². The van der Waals surface area contributed by atoms with E-state index in [1.165, 1.54) is 0 Å². The summed E-state index contributed by atoms with van der Waals surface area (Å²) in [6.45, 7) is 7.65. The normalized spacial score (nSPS) is 18.6. The van der Waals surface area contributed by atoms with Crippen molar-refractivity contribution in [1.29, 1.82) is 0 Å². The standard InChI is InChI=1S/C41H51F5N6O8/c1-20(2)16-24(35(54)39(58)48-18-26(53)50-33(36(47)55)21-12-8-6-9-13-21)49-37(56)25-17-23(60-41(3,4)5)19-52(25)40(59)34(22-14-10-7-11-15-22)51-38(57)27-28(42)30(44)32(46)31(45)29(27)43/h6,8-9,12-13,20,22-25,33-34H,7,10-11,14-19H2,1-5H3,(H2,47,55)(H,48,58)(H,49,56)(H,50,53)(H,51,57). The third-order valence-corrected chi connectivity index (χ3v) is 10.2. The molecule has 0 bridgehead atoms. The minimum atomic E-state index is -2.47. The monoisotopic (exact) mass is 850 g/mol. The van der Waals surface area contributed by atoms with Crippen LogP contribution in [-0.4, -0.2) is 89.0 Å². The van der Waals surface area contributed by atoms with Gasteiger partial charge in [0.25, 0.3) is 11.8 Å². The predicted octanol–water partition coefficient (Wildman–Crippen LogP) is 3.40. The summed E-state index contributed by atoms with van der Waals surface area (Å²) >= 11 is 0. The maximum absolute atomic E-state index is 14.7. The molecule has 19 heteroatoms. The number of benzene rings is 2. The third-order valence-electron chi connectivity index (χ3n) is 10.2. The Labute approximate surface area is 343 Å². The summed E-state index contributed by atoms with van der Waals surface area (Å²) in [4.78, 5) is 94.5. The van der Waals surface area contributed by atoms with Crippen molar-refractivity contribution in [1.82, 2.24) is 26.2 Å². The number of nitrogens with one attached hydrogen (secondary N) is 4. The first-order chi connectivity index (χ1) is 28.1. The quantitative estimate of drug-likeness (QED) is 0.0731. The van der Waals surface area contributed by atoms with Crippen LogP contribution in [-0.2, 0) is 33.5 Å². The van der Waals surface area contributed by atoms with Gasteiger partial charge < -0.3 is 36.6 Å². The van der Waals surface area contributed by atoms with Crippen LogP contribution < -0.4 is 27.0 Å². The summed E-state index contributed by atoms with van der Waals surface area (Å²) in [6.07, 6.45) is 1.65. The number of primary amides is 1. The molecule has 1 aliphatic heterocycles. The Bertz CT molecular complexity index is 1930. The summed E-state index contributed by atoms with van der Waals surface area (Å²) in [5.74, 6) is -20.5. The fourth-order valence-corrected chi connectivity index (χ4v) is 7.47. The molecule has 0 radical (unpaired) electrons. The number of amides is 6. The highest BCUT2D eigenvalue weighted by atomic mass is 19.2. The minimum absolute atomic E-state index is 0.0623. The van der Waals surface area contributed by atoms with Gasteiger partial charge in [-0.05, 0) is 57.4 Å². The van der Waals surface area contributed by atoms with Gasteiger partial charge in [0, 0.05) is 13.0 Å². The zero-order valence-corrected chi connectivity index (χ0v) is 34.0. The Kier molecular flexibility index (Phi) is 15.9. The second-order valence-corrected chi connectivity index (χ2v) is 16.4. The number of likely N-dealkylation sites (tertiary alicyclic amines) is 1. The molecule has 6 N–H and O–H groups in total. The molecule has 1 heterocycles. The second-order valence-electron chi connectivity index (χ2n) is 16.4. The van der Waals surface area contributed by atoms with Crippen molar-refractivity contribution in [2.45, 2.75) is 115 Å². The highest BCUT2D eigenvalue weighted by Crippen LogP contribution is 2.32. The lowest BCUT2D eigenvalue weighted by molar-refractivity contribution is -0.143. The number of hydrogen-bond acceptors (Lipinski definition) is 8. The molecule has 2 aliphatic rings. The van der Waals surface area contributed by atoms with Gasteiger partial charge >= 0.3 is 0 Å². The largest absolute Gasteiger partial charge is 0.371 e. The van der Waals surface area contributed by atoms with Crippen LogP contribution in [0.25, 0.3) is 0 Å². The molecule has 2 aromatic rings. The number of Topliss-reactive ketones (excluding diaryl/α,β-unsaturated/α-hetero) is 1. The lowest BCUT2D eigenvalue weighted by Crippen LogP contribution is -2.58. The Morgan fingerprint density at radius 1 is 0.833 bits per heavy atom. The number of ether oxygens (including phenoxy) is 1. The zero-order chi connectivity index (χ0) is 44.6. The van der Waals surface area contributed by atoms with Gasteiger partial charge in [0.15, 0.2) is 23.3 Å². The summed E-state index contributed by atoms with van der Waals surface area (Å²) in [7, 11) is 0. The first-order valence-electron chi connectivity index (χ1n) is 19.7. The van der Waals surface area contributed by atoms with Crippen LogP contribution in [0.4, 0.5) is 22.0 Å². The van der Waals surface area contributed by atoms with Gasteiger partial charge in [-0.25, -0.2) is 22.0 Å². The number of ketones is 1. The van der Waals surface area contributed by atoms with E-state index in [4.69, 9.17) is 10.5 Å². The molecule has 4 rings (SSSR count). The second kappa shape index (κ2) is 20.2. The van der Waals surface area contributed by atoms with E-state index in [1.54, 1.807) is 65.0 Å². The van der Waals surface area contributed by atoms with Crippen LogP contribution in [0, 0.1) is 40.9 Å². The van der Waals surface area contributed by atoms with Crippen LogP contribution in [0.2, 0.25) is 0 Å². The Hall–Kier alpha value is -5.46. The molecule has 14 nitrogen and oxygen atoms in total. The van der Waals surface area contributed by atoms with Crippen molar-refractivity contribution >= 4 is 41.2 Å².